The summed E-state index contributed by atoms with van der Waals surface area (Å²) in [5.41, 5.74) is 0. The molecule has 0 amide bonds. The smallest absolute Gasteiger partial charge is 0.00679 e. The lowest BCUT2D eigenvalue weighted by atomic mass is 10.2. The van der Waals surface area contributed by atoms with Crippen molar-refractivity contribution >= 4 is 43.6 Å². The first-order valence-corrected chi connectivity index (χ1v) is 6.94. The average Bonchev–Trinajstić information content (AvgIpc) is 1.99. The van der Waals surface area contributed by atoms with Gasteiger partial charge in [0.15, 0.2) is 0 Å². The zero-order chi connectivity index (χ0) is 7.82. The highest BCUT2D eigenvalue weighted by molar-refractivity contribution is 9.09. The van der Waals surface area contributed by atoms with E-state index in [2.05, 4.69) is 38.8 Å². The molecule has 10 heavy (non-hydrogen) atoms. The van der Waals surface area contributed by atoms with Crippen molar-refractivity contribution < 1.29 is 0 Å². The molecule has 3 heteroatoms. The van der Waals surface area contributed by atoms with Gasteiger partial charge in [-0.1, -0.05) is 38.8 Å². The van der Waals surface area contributed by atoms with Crippen LogP contribution in [0.15, 0.2) is 0 Å². The Morgan fingerprint density at radius 1 is 1.30 bits per heavy atom. The Hall–Kier alpha value is 1.31. The van der Waals surface area contributed by atoms with E-state index < -0.39 is 0 Å². The van der Waals surface area contributed by atoms with Gasteiger partial charge >= 0.3 is 0 Å². The number of hydrogen-bond donors (Lipinski definition) is 0. The van der Waals surface area contributed by atoms with Crippen LogP contribution < -0.4 is 0 Å². The monoisotopic (exact) mass is 288 g/mol. The van der Waals surface area contributed by atoms with Crippen LogP contribution in [0.2, 0.25) is 0 Å². The van der Waals surface area contributed by atoms with Gasteiger partial charge in [0.1, 0.15) is 0 Å². The molecule has 0 aromatic carbocycles. The van der Waals surface area contributed by atoms with Crippen LogP contribution in [0.4, 0.5) is 0 Å². The lowest BCUT2D eigenvalue weighted by molar-refractivity contribution is 0.663. The molecule has 0 aliphatic carbocycles. The Balaban J connectivity index is 3.09. The molecule has 0 unspecified atom stereocenters. The van der Waals surface area contributed by atoms with Gasteiger partial charge in [-0.15, -0.1) is 0 Å². The van der Waals surface area contributed by atoms with Gasteiger partial charge in [0.05, 0.1) is 0 Å². The molecule has 0 nitrogen and oxygen atoms in total. The van der Waals surface area contributed by atoms with Crippen molar-refractivity contribution in [3.63, 3.8) is 0 Å². The molecule has 0 saturated heterocycles. The molecule has 0 N–H and O–H groups in total. The maximum atomic E-state index is 3.49. The molecule has 0 aliphatic rings. The van der Waals surface area contributed by atoms with Crippen molar-refractivity contribution in [2.24, 2.45) is 5.92 Å². The van der Waals surface area contributed by atoms with Gasteiger partial charge in [-0.2, -0.15) is 11.8 Å². The van der Waals surface area contributed by atoms with Gasteiger partial charge in [0, 0.05) is 10.7 Å². The minimum absolute atomic E-state index is 0.819. The second-order valence-corrected chi connectivity index (χ2v) is 4.85. The normalized spacial score (nSPS) is 10.8. The number of hydrogen-bond acceptors (Lipinski definition) is 1. The third-order valence-electron chi connectivity index (χ3n) is 1.31. The third-order valence-corrected chi connectivity index (χ3v) is 4.07. The highest BCUT2D eigenvalue weighted by atomic mass is 79.9. The van der Waals surface area contributed by atoms with Gasteiger partial charge in [0.25, 0.3) is 0 Å². The summed E-state index contributed by atoms with van der Waals surface area (Å²) in [4.78, 5) is 0. The fourth-order valence-electron chi connectivity index (χ4n) is 0.590. The molecule has 0 fully saturated rings. The summed E-state index contributed by atoms with van der Waals surface area (Å²) in [6.45, 7) is 2.21. The van der Waals surface area contributed by atoms with Crippen LogP contribution >= 0.6 is 43.6 Å². The Labute approximate surface area is 84.8 Å². The van der Waals surface area contributed by atoms with E-state index in [0.717, 1.165) is 16.6 Å². The van der Waals surface area contributed by atoms with E-state index in [0.29, 0.717) is 0 Å². The fourth-order valence-corrected chi connectivity index (χ4v) is 3.10. The zero-order valence-electron chi connectivity index (χ0n) is 6.28. The first-order chi connectivity index (χ1) is 4.85. The lowest BCUT2D eigenvalue weighted by Gasteiger charge is -2.08. The standard InChI is InChI=1S/C7H14Br2S/c1-2-10-4-3-7(5-8)6-9/h7H,2-6H2,1H3. The van der Waals surface area contributed by atoms with Gasteiger partial charge in [-0.05, 0) is 23.8 Å². The van der Waals surface area contributed by atoms with Crippen LogP contribution in [0.5, 0.6) is 0 Å². The molecule has 0 aliphatic heterocycles. The summed E-state index contributed by atoms with van der Waals surface area (Å²) < 4.78 is 0. The fraction of sp³-hybridized carbons (Fsp3) is 1.00. The van der Waals surface area contributed by atoms with E-state index in [1.54, 1.807) is 0 Å². The predicted molar refractivity (Wildman–Crippen MR) is 58.7 cm³/mol. The van der Waals surface area contributed by atoms with E-state index in [-0.39, 0.29) is 0 Å². The van der Waals surface area contributed by atoms with Crippen LogP contribution in [0.25, 0.3) is 0 Å². The zero-order valence-corrected chi connectivity index (χ0v) is 10.3. The van der Waals surface area contributed by atoms with Gasteiger partial charge < -0.3 is 0 Å². The minimum Gasteiger partial charge on any atom is -0.162 e. The van der Waals surface area contributed by atoms with Crippen molar-refractivity contribution in [2.45, 2.75) is 13.3 Å². The second kappa shape index (κ2) is 8.41. The number of alkyl halides is 2. The van der Waals surface area contributed by atoms with Crippen molar-refractivity contribution in [1.29, 1.82) is 0 Å². The van der Waals surface area contributed by atoms with E-state index in [1.165, 1.54) is 17.9 Å². The lowest BCUT2D eigenvalue weighted by Crippen LogP contribution is -2.04. The van der Waals surface area contributed by atoms with Crippen molar-refractivity contribution in [3.8, 4) is 0 Å². The van der Waals surface area contributed by atoms with E-state index >= 15 is 0 Å². The van der Waals surface area contributed by atoms with Crippen LogP contribution in [0.3, 0.4) is 0 Å². The molecular formula is C7H14Br2S. The quantitative estimate of drug-likeness (QED) is 0.532. The number of halogens is 2. The first kappa shape index (κ1) is 11.3. The molecule has 0 atom stereocenters. The number of rotatable bonds is 6. The molecule has 0 aromatic heterocycles. The molecule has 0 spiro atoms. The van der Waals surface area contributed by atoms with Crippen LogP contribution in [0.1, 0.15) is 13.3 Å². The minimum atomic E-state index is 0.819. The summed E-state index contributed by atoms with van der Waals surface area (Å²) in [6, 6.07) is 0. The van der Waals surface area contributed by atoms with E-state index in [1.807, 2.05) is 11.8 Å². The number of thioether (sulfide) groups is 1. The second-order valence-electron chi connectivity index (χ2n) is 2.16. The molecule has 0 saturated carbocycles. The third kappa shape index (κ3) is 6.05. The Morgan fingerprint density at radius 3 is 2.30 bits per heavy atom. The topological polar surface area (TPSA) is 0 Å². The highest BCUT2D eigenvalue weighted by Gasteiger charge is 2.03. The van der Waals surface area contributed by atoms with Crippen molar-refractivity contribution in [2.75, 3.05) is 22.2 Å². The molecular weight excluding hydrogens is 276 g/mol. The summed E-state index contributed by atoms with van der Waals surface area (Å²) >= 11 is 9.00. The summed E-state index contributed by atoms with van der Waals surface area (Å²) in [7, 11) is 0. The van der Waals surface area contributed by atoms with Crippen LogP contribution in [-0.2, 0) is 0 Å². The first-order valence-electron chi connectivity index (χ1n) is 3.54. The Kier molecular flexibility index (Phi) is 9.51. The molecule has 0 heterocycles. The van der Waals surface area contributed by atoms with Gasteiger partial charge in [-0.3, -0.25) is 0 Å². The van der Waals surface area contributed by atoms with Gasteiger partial charge in [-0.25, -0.2) is 0 Å². The highest BCUT2D eigenvalue weighted by Crippen LogP contribution is 2.13. The maximum Gasteiger partial charge on any atom is 0.00679 e. The van der Waals surface area contributed by atoms with Crippen molar-refractivity contribution in [3.05, 3.63) is 0 Å². The SMILES string of the molecule is CCSCCC(CBr)CBr. The van der Waals surface area contributed by atoms with Crippen LogP contribution in [0, 0.1) is 5.92 Å². The molecule has 0 rings (SSSR count). The largest absolute Gasteiger partial charge is 0.162 e. The Bertz CT molecular complexity index is 64.6. The van der Waals surface area contributed by atoms with Crippen molar-refractivity contribution in [1.82, 2.24) is 0 Å². The maximum absolute atomic E-state index is 3.49. The summed E-state index contributed by atoms with van der Waals surface area (Å²) in [5.74, 6) is 3.37. The molecule has 0 bridgehead atoms. The van der Waals surface area contributed by atoms with Crippen LogP contribution in [-0.4, -0.2) is 22.2 Å². The Morgan fingerprint density at radius 2 is 1.90 bits per heavy atom. The molecule has 62 valence electrons. The molecule has 0 aromatic rings. The van der Waals surface area contributed by atoms with E-state index in [9.17, 15) is 0 Å². The summed E-state index contributed by atoms with van der Waals surface area (Å²) in [6.07, 6.45) is 1.33. The van der Waals surface area contributed by atoms with E-state index in [4.69, 9.17) is 0 Å². The summed E-state index contributed by atoms with van der Waals surface area (Å²) in [5, 5.41) is 2.26. The molecule has 0 radical (unpaired) electrons. The van der Waals surface area contributed by atoms with Gasteiger partial charge in [0.2, 0.25) is 0 Å². The average molecular weight is 290 g/mol. The predicted octanol–water partition coefficient (Wildman–Crippen LogP) is 3.54.